The van der Waals surface area contributed by atoms with Gasteiger partial charge >= 0.3 is 0 Å². The minimum Gasteiger partial charge on any atom is -0.380 e. The molecule has 1 aliphatic heterocycles. The summed E-state index contributed by atoms with van der Waals surface area (Å²) in [6.07, 6.45) is 2.22. The van der Waals surface area contributed by atoms with Crippen LogP contribution in [0.1, 0.15) is 45.1 Å². The highest BCUT2D eigenvalue weighted by atomic mass is 16.2. The Morgan fingerprint density at radius 3 is 2.79 bits per heavy atom. The molecule has 19 heavy (non-hydrogen) atoms. The first-order valence-corrected chi connectivity index (χ1v) is 7.19. The highest BCUT2D eigenvalue weighted by Crippen LogP contribution is 2.25. The van der Waals surface area contributed by atoms with Crippen LogP contribution in [0.3, 0.4) is 0 Å². The minimum absolute atomic E-state index is 0.184. The lowest BCUT2D eigenvalue weighted by molar-refractivity contribution is -0.129. The van der Waals surface area contributed by atoms with Crippen molar-refractivity contribution in [2.45, 2.75) is 45.6 Å². The van der Waals surface area contributed by atoms with Gasteiger partial charge in [0.15, 0.2) is 0 Å². The van der Waals surface area contributed by atoms with Crippen LogP contribution in [0.4, 0.5) is 5.69 Å². The van der Waals surface area contributed by atoms with E-state index in [0.717, 1.165) is 25.9 Å². The van der Waals surface area contributed by atoms with E-state index in [1.165, 1.54) is 11.3 Å². The van der Waals surface area contributed by atoms with Crippen LogP contribution in [0, 0.1) is 0 Å². The van der Waals surface area contributed by atoms with Gasteiger partial charge in [0.25, 0.3) is 0 Å². The van der Waals surface area contributed by atoms with Crippen LogP contribution in [0.25, 0.3) is 0 Å². The number of hydrogen-bond acceptors (Lipinski definition) is 2. The van der Waals surface area contributed by atoms with Crippen LogP contribution in [0.15, 0.2) is 24.3 Å². The number of rotatable bonds is 3. The molecule has 104 valence electrons. The Balaban J connectivity index is 2.06. The maximum atomic E-state index is 11.5. The van der Waals surface area contributed by atoms with Crippen molar-refractivity contribution < 1.29 is 4.79 Å². The fraction of sp³-hybridized carbons (Fsp3) is 0.562. The molecular formula is C16H24N2O. The van der Waals surface area contributed by atoms with Gasteiger partial charge < -0.3 is 10.2 Å². The molecule has 1 unspecified atom stereocenters. The van der Waals surface area contributed by atoms with Crippen molar-refractivity contribution in [3.05, 3.63) is 29.8 Å². The number of amides is 1. The van der Waals surface area contributed by atoms with Crippen molar-refractivity contribution in [1.29, 1.82) is 0 Å². The van der Waals surface area contributed by atoms with E-state index in [9.17, 15) is 4.79 Å². The van der Waals surface area contributed by atoms with Gasteiger partial charge in [-0.05, 0) is 30.4 Å². The standard InChI is InChI=1S/C16H24N2O/c1-12(2)15-8-4-5-9-16(15)17-14-7-6-10-18(11-14)13(3)19/h4-5,8-9,12,14,17H,6-7,10-11H2,1-3H3. The quantitative estimate of drug-likeness (QED) is 0.905. The lowest BCUT2D eigenvalue weighted by Crippen LogP contribution is -2.44. The highest BCUT2D eigenvalue weighted by molar-refractivity contribution is 5.73. The summed E-state index contributed by atoms with van der Waals surface area (Å²) in [4.78, 5) is 13.4. The Morgan fingerprint density at radius 1 is 1.37 bits per heavy atom. The maximum Gasteiger partial charge on any atom is 0.219 e. The van der Waals surface area contributed by atoms with Crippen molar-refractivity contribution in [3.8, 4) is 0 Å². The molecule has 3 nitrogen and oxygen atoms in total. The predicted molar refractivity (Wildman–Crippen MR) is 79.4 cm³/mol. The summed E-state index contributed by atoms with van der Waals surface area (Å²) in [5, 5.41) is 3.62. The lowest BCUT2D eigenvalue weighted by Gasteiger charge is -2.33. The fourth-order valence-electron chi connectivity index (χ4n) is 2.73. The molecular weight excluding hydrogens is 236 g/mol. The van der Waals surface area contributed by atoms with E-state index in [4.69, 9.17) is 0 Å². The lowest BCUT2D eigenvalue weighted by atomic mass is 9.99. The van der Waals surface area contributed by atoms with Crippen molar-refractivity contribution in [1.82, 2.24) is 4.90 Å². The molecule has 2 rings (SSSR count). The van der Waals surface area contributed by atoms with Crippen LogP contribution >= 0.6 is 0 Å². The van der Waals surface area contributed by atoms with Gasteiger partial charge in [-0.15, -0.1) is 0 Å². The fourth-order valence-corrected chi connectivity index (χ4v) is 2.73. The average Bonchev–Trinajstić information content (AvgIpc) is 2.39. The second-order valence-corrected chi connectivity index (χ2v) is 5.69. The Labute approximate surface area is 116 Å². The Morgan fingerprint density at radius 2 is 2.11 bits per heavy atom. The van der Waals surface area contributed by atoms with E-state index >= 15 is 0 Å². The largest absolute Gasteiger partial charge is 0.380 e. The molecule has 0 aromatic heterocycles. The van der Waals surface area contributed by atoms with E-state index < -0.39 is 0 Å². The van der Waals surface area contributed by atoms with Gasteiger partial charge in [-0.1, -0.05) is 32.0 Å². The average molecular weight is 260 g/mol. The summed E-state index contributed by atoms with van der Waals surface area (Å²) in [6.45, 7) is 7.80. The smallest absolute Gasteiger partial charge is 0.219 e. The molecule has 1 atom stereocenters. The van der Waals surface area contributed by atoms with Gasteiger partial charge in [-0.3, -0.25) is 4.79 Å². The monoisotopic (exact) mass is 260 g/mol. The molecule has 0 spiro atoms. The zero-order valence-electron chi connectivity index (χ0n) is 12.1. The number of nitrogens with one attached hydrogen (secondary N) is 1. The van der Waals surface area contributed by atoms with E-state index in [1.54, 1.807) is 6.92 Å². The molecule has 1 aromatic carbocycles. The van der Waals surface area contributed by atoms with Gasteiger partial charge in [0.05, 0.1) is 0 Å². The summed E-state index contributed by atoms with van der Waals surface area (Å²) < 4.78 is 0. The molecule has 1 saturated heterocycles. The summed E-state index contributed by atoms with van der Waals surface area (Å²) in [7, 11) is 0. The molecule has 0 saturated carbocycles. The molecule has 1 aromatic rings. The molecule has 1 fully saturated rings. The van der Waals surface area contributed by atoms with Crippen molar-refractivity contribution >= 4 is 11.6 Å². The first kappa shape index (κ1) is 13.9. The van der Waals surface area contributed by atoms with E-state index in [1.807, 2.05) is 4.90 Å². The second kappa shape index (κ2) is 6.09. The summed E-state index contributed by atoms with van der Waals surface area (Å²) in [6, 6.07) is 8.85. The van der Waals surface area contributed by atoms with Crippen molar-refractivity contribution in [2.24, 2.45) is 0 Å². The first-order valence-electron chi connectivity index (χ1n) is 7.19. The SMILES string of the molecule is CC(=O)N1CCCC(Nc2ccccc2C(C)C)C1. The van der Waals surface area contributed by atoms with Gasteiger partial charge in [-0.2, -0.15) is 0 Å². The van der Waals surface area contributed by atoms with Crippen LogP contribution in [-0.2, 0) is 4.79 Å². The van der Waals surface area contributed by atoms with E-state index in [-0.39, 0.29) is 5.91 Å². The Kier molecular flexibility index (Phi) is 4.46. The van der Waals surface area contributed by atoms with Crippen molar-refractivity contribution in [2.75, 3.05) is 18.4 Å². The predicted octanol–water partition coefficient (Wildman–Crippen LogP) is 3.23. The first-order chi connectivity index (χ1) is 9.08. The highest BCUT2D eigenvalue weighted by Gasteiger charge is 2.22. The molecule has 1 heterocycles. The third kappa shape index (κ3) is 3.49. The maximum absolute atomic E-state index is 11.5. The summed E-state index contributed by atoms with van der Waals surface area (Å²) in [5.41, 5.74) is 2.57. The summed E-state index contributed by atoms with van der Waals surface area (Å²) in [5.74, 6) is 0.694. The number of piperidine rings is 1. The number of anilines is 1. The number of hydrogen-bond donors (Lipinski definition) is 1. The summed E-state index contributed by atoms with van der Waals surface area (Å²) >= 11 is 0. The number of carbonyl (C=O) groups is 1. The second-order valence-electron chi connectivity index (χ2n) is 5.69. The normalized spacial score (nSPS) is 19.6. The van der Waals surface area contributed by atoms with Crippen LogP contribution in [0.5, 0.6) is 0 Å². The zero-order chi connectivity index (χ0) is 13.8. The number of nitrogens with zero attached hydrogens (tertiary/aromatic N) is 1. The van der Waals surface area contributed by atoms with Crippen LogP contribution in [0.2, 0.25) is 0 Å². The number of benzene rings is 1. The molecule has 1 aliphatic rings. The third-order valence-corrected chi connectivity index (χ3v) is 3.81. The topological polar surface area (TPSA) is 32.3 Å². The molecule has 0 bridgehead atoms. The van der Waals surface area contributed by atoms with Gasteiger partial charge in [0.2, 0.25) is 5.91 Å². The van der Waals surface area contributed by atoms with Crippen LogP contribution < -0.4 is 5.32 Å². The molecule has 1 amide bonds. The third-order valence-electron chi connectivity index (χ3n) is 3.81. The van der Waals surface area contributed by atoms with Gasteiger partial charge in [0, 0.05) is 31.7 Å². The number of likely N-dealkylation sites (tertiary alicyclic amines) is 1. The van der Waals surface area contributed by atoms with Crippen molar-refractivity contribution in [3.63, 3.8) is 0 Å². The molecule has 1 N–H and O–H groups in total. The molecule has 3 heteroatoms. The number of carbonyl (C=O) groups excluding carboxylic acids is 1. The minimum atomic E-state index is 0.184. The van der Waals surface area contributed by atoms with E-state index in [0.29, 0.717) is 12.0 Å². The van der Waals surface area contributed by atoms with Gasteiger partial charge in [0.1, 0.15) is 0 Å². The van der Waals surface area contributed by atoms with E-state index in [2.05, 4.69) is 43.4 Å². The van der Waals surface area contributed by atoms with Gasteiger partial charge in [-0.25, -0.2) is 0 Å². The van der Waals surface area contributed by atoms with Crippen LogP contribution in [-0.4, -0.2) is 29.9 Å². The number of para-hydroxylation sites is 1. The molecule has 0 radical (unpaired) electrons. The molecule has 0 aliphatic carbocycles. The Hall–Kier alpha value is -1.51. The zero-order valence-corrected chi connectivity index (χ0v) is 12.1. The Bertz CT molecular complexity index is 442.